The van der Waals surface area contributed by atoms with E-state index in [1.165, 1.54) is 11.3 Å². The summed E-state index contributed by atoms with van der Waals surface area (Å²) in [6, 6.07) is 4.11. The summed E-state index contributed by atoms with van der Waals surface area (Å²) >= 11 is 1.52. The van der Waals surface area contributed by atoms with Crippen molar-refractivity contribution < 1.29 is 14.3 Å². The van der Waals surface area contributed by atoms with E-state index in [-0.39, 0.29) is 18.1 Å². The van der Waals surface area contributed by atoms with Gasteiger partial charge in [0.2, 0.25) is 0 Å². The molecule has 0 unspecified atom stereocenters. The Morgan fingerprint density at radius 2 is 2.27 bits per heavy atom. The van der Waals surface area contributed by atoms with Crippen molar-refractivity contribution in [2.45, 2.75) is 18.6 Å². The van der Waals surface area contributed by atoms with Crippen LogP contribution < -0.4 is 0 Å². The number of carbonyl (C=O) groups excluding carboxylic acids is 1. The maximum atomic E-state index is 12.8. The van der Waals surface area contributed by atoms with Gasteiger partial charge >= 0.3 is 0 Å². The molecule has 5 nitrogen and oxygen atoms in total. The average molecular weight is 324 g/mol. The van der Waals surface area contributed by atoms with Crippen molar-refractivity contribution >= 4 is 17.2 Å². The molecule has 1 amide bonds. The Morgan fingerprint density at radius 1 is 1.41 bits per heavy atom. The van der Waals surface area contributed by atoms with Crippen LogP contribution >= 0.6 is 11.3 Å². The Morgan fingerprint density at radius 3 is 2.95 bits per heavy atom. The van der Waals surface area contributed by atoms with Gasteiger partial charge in [-0.1, -0.05) is 6.07 Å². The Labute approximate surface area is 135 Å². The van der Waals surface area contributed by atoms with Crippen molar-refractivity contribution in [1.29, 1.82) is 0 Å². The Bertz CT molecular complexity index is 494. The molecule has 2 saturated heterocycles. The van der Waals surface area contributed by atoms with Crippen LogP contribution in [0.4, 0.5) is 0 Å². The van der Waals surface area contributed by atoms with E-state index in [0.29, 0.717) is 5.92 Å². The molecule has 3 heterocycles. The predicted molar refractivity (Wildman–Crippen MR) is 86.4 cm³/mol. The largest absolute Gasteiger partial charge is 0.383 e. The second-order valence-electron chi connectivity index (χ2n) is 6.02. The van der Waals surface area contributed by atoms with Gasteiger partial charge in [0.25, 0.3) is 5.91 Å². The number of hydrogen-bond donors (Lipinski definition) is 0. The van der Waals surface area contributed by atoms with E-state index in [2.05, 4.69) is 9.80 Å². The third kappa shape index (κ3) is 3.06. The third-order valence-electron chi connectivity index (χ3n) is 4.85. The summed E-state index contributed by atoms with van der Waals surface area (Å²) in [4.78, 5) is 18.1. The van der Waals surface area contributed by atoms with Gasteiger partial charge in [0.1, 0.15) is 0 Å². The fraction of sp³-hybridized carbons (Fsp3) is 0.688. The van der Waals surface area contributed by atoms with E-state index in [0.717, 1.165) is 44.1 Å². The van der Waals surface area contributed by atoms with Crippen LogP contribution in [0.3, 0.4) is 0 Å². The number of thiophene rings is 1. The number of piperidine rings is 1. The number of rotatable bonds is 5. The fourth-order valence-corrected chi connectivity index (χ4v) is 4.40. The molecule has 122 valence electrons. The zero-order valence-corrected chi connectivity index (χ0v) is 14.1. The first-order valence-corrected chi connectivity index (χ1v) is 8.71. The molecule has 0 saturated carbocycles. The topological polar surface area (TPSA) is 42.0 Å². The van der Waals surface area contributed by atoms with Gasteiger partial charge in [0.05, 0.1) is 23.6 Å². The zero-order chi connectivity index (χ0) is 15.5. The van der Waals surface area contributed by atoms with Crippen LogP contribution in [-0.2, 0) is 9.47 Å². The molecule has 1 aromatic heterocycles. The second kappa shape index (κ2) is 7.08. The molecule has 2 fully saturated rings. The molecule has 0 aliphatic carbocycles. The quantitative estimate of drug-likeness (QED) is 0.824. The number of carbonyl (C=O) groups is 1. The van der Waals surface area contributed by atoms with Crippen LogP contribution in [0, 0.1) is 5.92 Å². The van der Waals surface area contributed by atoms with E-state index < -0.39 is 0 Å². The third-order valence-corrected chi connectivity index (χ3v) is 5.71. The molecule has 6 heteroatoms. The average Bonchev–Trinajstić information content (AvgIpc) is 3.20. The molecular weight excluding hydrogens is 300 g/mol. The molecule has 3 atom stereocenters. The lowest BCUT2D eigenvalue weighted by atomic mass is 9.89. The summed E-state index contributed by atoms with van der Waals surface area (Å²) in [5, 5.41) is 1.96. The maximum absolute atomic E-state index is 12.8. The minimum Gasteiger partial charge on any atom is -0.383 e. The molecule has 1 aromatic rings. The van der Waals surface area contributed by atoms with Crippen LogP contribution in [0.5, 0.6) is 0 Å². The highest BCUT2D eigenvalue weighted by molar-refractivity contribution is 7.12. The molecule has 0 spiro atoms. The number of nitrogens with zero attached hydrogens (tertiary/aromatic N) is 2. The van der Waals surface area contributed by atoms with E-state index >= 15 is 0 Å². The summed E-state index contributed by atoms with van der Waals surface area (Å²) in [6.07, 6.45) is 1.18. The second-order valence-corrected chi connectivity index (χ2v) is 6.97. The molecule has 2 aliphatic heterocycles. The Balaban J connectivity index is 1.74. The highest BCUT2D eigenvalue weighted by atomic mass is 32.1. The maximum Gasteiger partial charge on any atom is 0.264 e. The molecule has 2 aliphatic rings. The Hall–Kier alpha value is -0.950. The van der Waals surface area contributed by atoms with Crippen LogP contribution in [0.15, 0.2) is 17.5 Å². The van der Waals surface area contributed by atoms with Gasteiger partial charge in [0.15, 0.2) is 0 Å². The minimum atomic E-state index is 0.174. The normalized spacial score (nSPS) is 28.8. The number of methoxy groups -OCH3 is 2. The lowest BCUT2D eigenvalue weighted by Crippen LogP contribution is -2.53. The van der Waals surface area contributed by atoms with E-state index in [4.69, 9.17) is 9.47 Å². The van der Waals surface area contributed by atoms with Crippen LogP contribution in [0.2, 0.25) is 0 Å². The SMILES string of the molecule is COCCN1C[C@H]2[C@@H](C1)N(C(=O)c1cccs1)CC[C@H]2OC. The molecule has 0 aromatic carbocycles. The zero-order valence-electron chi connectivity index (χ0n) is 13.2. The van der Waals surface area contributed by atoms with Crippen molar-refractivity contribution in [2.24, 2.45) is 5.92 Å². The van der Waals surface area contributed by atoms with Gasteiger partial charge in [-0.25, -0.2) is 0 Å². The van der Waals surface area contributed by atoms with Gasteiger partial charge in [-0.15, -0.1) is 11.3 Å². The van der Waals surface area contributed by atoms with Crippen molar-refractivity contribution in [1.82, 2.24) is 9.80 Å². The summed E-state index contributed by atoms with van der Waals surface area (Å²) < 4.78 is 10.9. The summed E-state index contributed by atoms with van der Waals surface area (Å²) in [5.74, 6) is 0.577. The Kier molecular flexibility index (Phi) is 5.13. The standard InChI is InChI=1S/C16H24N2O3S/c1-20-8-7-17-10-12-13(11-17)18(6-5-14(12)21-2)16(19)15-4-3-9-22-15/h3-4,9,12-14H,5-8,10-11H2,1-2H3/t12-,13+,14+/m0/s1. The van der Waals surface area contributed by atoms with Crippen molar-refractivity contribution in [3.63, 3.8) is 0 Å². The minimum absolute atomic E-state index is 0.174. The van der Waals surface area contributed by atoms with Gasteiger partial charge < -0.3 is 14.4 Å². The molecule has 0 radical (unpaired) electrons. The van der Waals surface area contributed by atoms with Crippen LogP contribution in [0.1, 0.15) is 16.1 Å². The molecule has 0 bridgehead atoms. The van der Waals surface area contributed by atoms with Crippen LogP contribution in [-0.4, -0.2) is 74.9 Å². The lowest BCUT2D eigenvalue weighted by Gasteiger charge is -2.41. The number of ether oxygens (including phenoxy) is 2. The van der Waals surface area contributed by atoms with Gasteiger partial charge in [-0.2, -0.15) is 0 Å². The number of hydrogen-bond acceptors (Lipinski definition) is 5. The number of fused-ring (bicyclic) bond motifs is 1. The molecule has 0 N–H and O–H groups in total. The monoisotopic (exact) mass is 324 g/mol. The van der Waals surface area contributed by atoms with Crippen molar-refractivity contribution in [3.05, 3.63) is 22.4 Å². The van der Waals surface area contributed by atoms with Gasteiger partial charge in [0, 0.05) is 46.3 Å². The number of amides is 1. The highest BCUT2D eigenvalue weighted by Gasteiger charge is 2.46. The van der Waals surface area contributed by atoms with Crippen molar-refractivity contribution in [2.75, 3.05) is 47.0 Å². The predicted octanol–water partition coefficient (Wildman–Crippen LogP) is 1.56. The fourth-order valence-electron chi connectivity index (χ4n) is 3.73. The van der Waals surface area contributed by atoms with Crippen molar-refractivity contribution in [3.8, 4) is 0 Å². The first kappa shape index (κ1) is 15.9. The first-order valence-electron chi connectivity index (χ1n) is 7.83. The van der Waals surface area contributed by atoms with Crippen LogP contribution in [0.25, 0.3) is 0 Å². The summed E-state index contributed by atoms with van der Waals surface area (Å²) in [7, 11) is 3.52. The summed E-state index contributed by atoms with van der Waals surface area (Å²) in [5.41, 5.74) is 0. The molecule has 22 heavy (non-hydrogen) atoms. The molecular formula is C16H24N2O3S. The molecule has 3 rings (SSSR count). The highest BCUT2D eigenvalue weighted by Crippen LogP contribution is 2.33. The number of likely N-dealkylation sites (tertiary alicyclic amines) is 2. The van der Waals surface area contributed by atoms with E-state index in [9.17, 15) is 4.79 Å². The van der Waals surface area contributed by atoms with Gasteiger partial charge in [-0.3, -0.25) is 9.69 Å². The first-order chi connectivity index (χ1) is 10.7. The van der Waals surface area contributed by atoms with Gasteiger partial charge in [-0.05, 0) is 17.9 Å². The smallest absolute Gasteiger partial charge is 0.264 e. The summed E-state index contributed by atoms with van der Waals surface area (Å²) in [6.45, 7) is 4.34. The lowest BCUT2D eigenvalue weighted by molar-refractivity contribution is -0.0155. The van der Waals surface area contributed by atoms with E-state index in [1.807, 2.05) is 17.5 Å². The van der Waals surface area contributed by atoms with E-state index in [1.54, 1.807) is 14.2 Å².